The molecule has 3 rings (SSSR count). The summed E-state index contributed by atoms with van der Waals surface area (Å²) in [5.74, 6) is -2.46. The van der Waals surface area contributed by atoms with Crippen LogP contribution in [0, 0.1) is 0 Å². The van der Waals surface area contributed by atoms with Crippen LogP contribution >= 0.6 is 23.2 Å². The highest BCUT2D eigenvalue weighted by Crippen LogP contribution is 2.36. The second-order valence-electron chi connectivity index (χ2n) is 7.23. The van der Waals surface area contributed by atoms with E-state index in [0.29, 0.717) is 28.1 Å². The molecule has 3 amide bonds. The van der Waals surface area contributed by atoms with Crippen molar-refractivity contribution in [2.24, 2.45) is 5.10 Å². The van der Waals surface area contributed by atoms with Crippen LogP contribution in [0.25, 0.3) is 0 Å². The molecule has 0 heterocycles. The van der Waals surface area contributed by atoms with Crippen molar-refractivity contribution in [3.8, 4) is 5.75 Å². The summed E-state index contributed by atoms with van der Waals surface area (Å²) in [6, 6.07) is 15.7. The Morgan fingerprint density at radius 2 is 1.59 bits per heavy atom. The van der Waals surface area contributed by atoms with Crippen LogP contribution in [-0.4, -0.2) is 30.5 Å². The average Bonchev–Trinajstić information content (AvgIpc) is 2.85. The number of hydrogen-bond donors (Lipinski definition) is 3. The summed E-state index contributed by atoms with van der Waals surface area (Å²) < 4.78 is 44.2. The molecule has 0 fully saturated rings. The zero-order valence-electron chi connectivity index (χ0n) is 18.6. The van der Waals surface area contributed by atoms with E-state index in [9.17, 15) is 27.6 Å². The van der Waals surface area contributed by atoms with Crippen LogP contribution in [0.2, 0.25) is 10.0 Å². The maximum Gasteiger partial charge on any atom is 0.417 e. The SMILES string of the molecule is O=C(COc1ccc(/C=N\NC(=O)C(=O)Nc2ccc(Cl)c(C(F)(F)F)c2)cc1)Nc1ccccc1Cl. The lowest BCUT2D eigenvalue weighted by Crippen LogP contribution is -2.32. The van der Waals surface area contributed by atoms with E-state index in [1.807, 2.05) is 10.7 Å². The lowest BCUT2D eigenvalue weighted by atomic mass is 10.2. The Balaban J connectivity index is 1.47. The number of benzene rings is 3. The lowest BCUT2D eigenvalue weighted by molar-refractivity contribution is -0.137. The normalized spacial score (nSPS) is 11.2. The van der Waals surface area contributed by atoms with Crippen molar-refractivity contribution >= 4 is 58.5 Å². The summed E-state index contributed by atoms with van der Waals surface area (Å²) in [4.78, 5) is 35.8. The summed E-state index contributed by atoms with van der Waals surface area (Å²) in [6.07, 6.45) is -3.50. The lowest BCUT2D eigenvalue weighted by Gasteiger charge is -2.11. The van der Waals surface area contributed by atoms with Gasteiger partial charge in [-0.05, 0) is 60.2 Å². The number of carbonyl (C=O) groups is 3. The summed E-state index contributed by atoms with van der Waals surface area (Å²) in [7, 11) is 0. The fraction of sp³-hybridized carbons (Fsp3) is 0.0833. The molecule has 0 bridgehead atoms. The van der Waals surface area contributed by atoms with E-state index in [0.717, 1.165) is 12.1 Å². The Kier molecular flexibility index (Phi) is 9.10. The molecule has 0 saturated carbocycles. The van der Waals surface area contributed by atoms with Gasteiger partial charge in [-0.25, -0.2) is 5.43 Å². The molecule has 0 radical (unpaired) electrons. The van der Waals surface area contributed by atoms with Crippen molar-refractivity contribution in [3.05, 3.63) is 87.9 Å². The monoisotopic (exact) mass is 552 g/mol. The van der Waals surface area contributed by atoms with Crippen LogP contribution in [0.5, 0.6) is 5.75 Å². The summed E-state index contributed by atoms with van der Waals surface area (Å²) in [5, 5.41) is 8.14. The molecule has 37 heavy (non-hydrogen) atoms. The predicted octanol–water partition coefficient (Wildman–Crippen LogP) is 5.12. The number of hydrogen-bond acceptors (Lipinski definition) is 5. The number of amides is 3. The second-order valence-corrected chi connectivity index (χ2v) is 8.05. The van der Waals surface area contributed by atoms with E-state index in [2.05, 4.69) is 10.4 Å². The van der Waals surface area contributed by atoms with Gasteiger partial charge in [0.1, 0.15) is 5.75 Å². The molecule has 0 aliphatic rings. The van der Waals surface area contributed by atoms with Gasteiger partial charge in [0, 0.05) is 5.69 Å². The maximum absolute atomic E-state index is 12.9. The number of halogens is 5. The number of anilines is 2. The van der Waals surface area contributed by atoms with Crippen LogP contribution in [0.4, 0.5) is 24.5 Å². The smallest absolute Gasteiger partial charge is 0.417 e. The molecular weight excluding hydrogens is 536 g/mol. The van der Waals surface area contributed by atoms with Gasteiger partial charge in [0.15, 0.2) is 6.61 Å². The molecule has 0 unspecified atom stereocenters. The van der Waals surface area contributed by atoms with Gasteiger partial charge >= 0.3 is 18.0 Å². The van der Waals surface area contributed by atoms with Gasteiger partial charge in [0.2, 0.25) is 0 Å². The zero-order valence-corrected chi connectivity index (χ0v) is 20.1. The standard InChI is InChI=1S/C24H17Cl2F3N4O4/c25-18-10-7-15(11-17(18)24(27,28)29)31-22(35)23(36)33-30-12-14-5-8-16(9-6-14)37-13-21(34)32-20-4-2-1-3-19(20)26/h1-12H,13H2,(H,31,35)(H,32,34)(H,33,36)/b30-12-. The first-order valence-electron chi connectivity index (χ1n) is 10.3. The third-order valence-corrected chi connectivity index (χ3v) is 5.17. The Labute approximate surface area is 218 Å². The second kappa shape index (κ2) is 12.2. The molecule has 0 atom stereocenters. The minimum Gasteiger partial charge on any atom is -0.484 e. The first-order valence-corrected chi connectivity index (χ1v) is 11.1. The van der Waals surface area contributed by atoms with Gasteiger partial charge in [-0.2, -0.15) is 18.3 Å². The molecule has 0 aliphatic heterocycles. The number of rotatable bonds is 7. The Hall–Kier alpha value is -4.09. The van der Waals surface area contributed by atoms with Crippen molar-refractivity contribution < 1.29 is 32.3 Å². The van der Waals surface area contributed by atoms with Gasteiger partial charge < -0.3 is 15.4 Å². The quantitative estimate of drug-likeness (QED) is 0.215. The molecule has 3 aromatic carbocycles. The Bertz CT molecular complexity index is 1330. The van der Waals surface area contributed by atoms with Crippen molar-refractivity contribution in [2.75, 3.05) is 17.2 Å². The van der Waals surface area contributed by atoms with E-state index in [4.69, 9.17) is 27.9 Å². The van der Waals surface area contributed by atoms with E-state index in [1.165, 1.54) is 6.21 Å². The van der Waals surface area contributed by atoms with Crippen LogP contribution in [0.3, 0.4) is 0 Å². The minimum atomic E-state index is -4.73. The van der Waals surface area contributed by atoms with E-state index in [1.54, 1.807) is 48.5 Å². The molecule has 0 aliphatic carbocycles. The largest absolute Gasteiger partial charge is 0.484 e. The van der Waals surface area contributed by atoms with Gasteiger partial charge in [-0.15, -0.1) is 0 Å². The molecule has 0 spiro atoms. The molecule has 0 saturated heterocycles. The van der Waals surface area contributed by atoms with Gasteiger partial charge in [0.05, 0.1) is 27.5 Å². The molecule has 3 N–H and O–H groups in total. The first-order chi connectivity index (χ1) is 17.5. The molecule has 0 aromatic heterocycles. The molecule has 8 nitrogen and oxygen atoms in total. The summed E-state index contributed by atoms with van der Waals surface area (Å²) >= 11 is 11.5. The number of para-hydroxylation sites is 1. The highest BCUT2D eigenvalue weighted by atomic mass is 35.5. The summed E-state index contributed by atoms with van der Waals surface area (Å²) in [6.45, 7) is -0.262. The Morgan fingerprint density at radius 3 is 2.27 bits per heavy atom. The van der Waals surface area contributed by atoms with E-state index in [-0.39, 0.29) is 12.3 Å². The highest BCUT2D eigenvalue weighted by Gasteiger charge is 2.33. The van der Waals surface area contributed by atoms with E-state index >= 15 is 0 Å². The molecule has 3 aromatic rings. The number of nitrogens with zero attached hydrogens (tertiary/aromatic N) is 1. The number of alkyl halides is 3. The van der Waals surface area contributed by atoms with Crippen LogP contribution < -0.4 is 20.8 Å². The van der Waals surface area contributed by atoms with Crippen molar-refractivity contribution in [3.63, 3.8) is 0 Å². The van der Waals surface area contributed by atoms with Crippen LogP contribution in [0.15, 0.2) is 71.8 Å². The topological polar surface area (TPSA) is 109 Å². The molecule has 13 heteroatoms. The molecule has 192 valence electrons. The number of carbonyl (C=O) groups excluding carboxylic acids is 3. The first kappa shape index (κ1) is 27.5. The fourth-order valence-electron chi connectivity index (χ4n) is 2.77. The highest BCUT2D eigenvalue weighted by molar-refractivity contribution is 6.39. The van der Waals surface area contributed by atoms with Crippen molar-refractivity contribution in [1.82, 2.24) is 5.43 Å². The number of ether oxygens (including phenoxy) is 1. The maximum atomic E-state index is 12.9. The zero-order chi connectivity index (χ0) is 27.0. The third kappa shape index (κ3) is 8.23. The summed E-state index contributed by atoms with van der Waals surface area (Å²) in [5.41, 5.74) is 1.52. The average molecular weight is 553 g/mol. The minimum absolute atomic E-state index is 0.262. The van der Waals surface area contributed by atoms with Gasteiger partial charge in [-0.3, -0.25) is 14.4 Å². The third-order valence-electron chi connectivity index (χ3n) is 4.51. The Morgan fingerprint density at radius 1 is 0.892 bits per heavy atom. The van der Waals surface area contributed by atoms with Gasteiger partial charge in [0.25, 0.3) is 5.91 Å². The van der Waals surface area contributed by atoms with E-state index < -0.39 is 34.5 Å². The fourth-order valence-corrected chi connectivity index (χ4v) is 3.18. The van der Waals surface area contributed by atoms with Crippen LogP contribution in [-0.2, 0) is 20.6 Å². The predicted molar refractivity (Wildman–Crippen MR) is 133 cm³/mol. The van der Waals surface area contributed by atoms with Gasteiger partial charge in [-0.1, -0.05) is 35.3 Å². The van der Waals surface area contributed by atoms with Crippen LogP contribution in [0.1, 0.15) is 11.1 Å². The number of hydrazone groups is 1. The number of nitrogens with one attached hydrogen (secondary N) is 3. The van der Waals surface area contributed by atoms with Crippen molar-refractivity contribution in [2.45, 2.75) is 6.18 Å². The molecular formula is C24H17Cl2F3N4O4. The van der Waals surface area contributed by atoms with Crippen molar-refractivity contribution in [1.29, 1.82) is 0 Å².